The molecule has 1 heterocycles. The molecule has 1 aliphatic carbocycles. The van der Waals surface area contributed by atoms with Gasteiger partial charge in [0.15, 0.2) is 0 Å². The normalized spacial score (nSPS) is 13.6. The first-order valence-electron chi connectivity index (χ1n) is 9.36. The van der Waals surface area contributed by atoms with Crippen LogP contribution in [0.15, 0.2) is 55.1 Å². The first kappa shape index (κ1) is 18.7. The van der Waals surface area contributed by atoms with Crippen molar-refractivity contribution in [1.29, 1.82) is 0 Å². The van der Waals surface area contributed by atoms with E-state index >= 15 is 0 Å². The van der Waals surface area contributed by atoms with Gasteiger partial charge in [-0.15, -0.1) is 6.58 Å². The summed E-state index contributed by atoms with van der Waals surface area (Å²) in [7, 11) is 0. The fraction of sp³-hybridized carbons (Fsp3) is 0.273. The Morgan fingerprint density at radius 2 is 2.11 bits per heavy atom. The van der Waals surface area contributed by atoms with Crippen LogP contribution in [0, 0.1) is 11.7 Å². The Morgan fingerprint density at radius 3 is 2.82 bits per heavy atom. The quantitative estimate of drug-likeness (QED) is 0.522. The molecule has 0 spiro atoms. The molecule has 1 fully saturated rings. The fourth-order valence-corrected chi connectivity index (χ4v) is 3.55. The van der Waals surface area contributed by atoms with Crippen molar-refractivity contribution in [3.8, 4) is 0 Å². The largest absolute Gasteiger partial charge is 0.327 e. The van der Waals surface area contributed by atoms with E-state index in [-0.39, 0.29) is 10.9 Å². The summed E-state index contributed by atoms with van der Waals surface area (Å²) in [5, 5.41) is -0.0645. The maximum atomic E-state index is 13.5. The van der Waals surface area contributed by atoms with E-state index in [4.69, 9.17) is 16.6 Å². The molecule has 0 N–H and O–H groups in total. The van der Waals surface area contributed by atoms with Crippen LogP contribution in [-0.4, -0.2) is 26.9 Å². The first-order chi connectivity index (χ1) is 13.6. The van der Waals surface area contributed by atoms with Gasteiger partial charge in [-0.1, -0.05) is 29.8 Å². The molecule has 28 heavy (non-hydrogen) atoms. The third kappa shape index (κ3) is 3.80. The molecule has 0 atom stereocenters. The van der Waals surface area contributed by atoms with Gasteiger partial charge in [-0.05, 0) is 49.1 Å². The van der Waals surface area contributed by atoms with Crippen LogP contribution in [0.4, 0.5) is 4.39 Å². The molecule has 4 nitrogen and oxygen atoms in total. The zero-order valence-electron chi connectivity index (χ0n) is 15.4. The van der Waals surface area contributed by atoms with Gasteiger partial charge in [0.2, 0.25) is 0 Å². The Kier molecular flexibility index (Phi) is 5.18. The predicted molar refractivity (Wildman–Crippen MR) is 109 cm³/mol. The standard InChI is InChI=1S/C22H21ClFN3O/c1-2-11-26(22(28)16-9-10-18(24)17(23)12-16)14-21-25-19-5-3-4-6-20(19)27(21)13-15-7-8-15/h2-6,9-10,12,15H,1,7-8,11,13-14H2. The van der Waals surface area contributed by atoms with Crippen molar-refractivity contribution in [2.75, 3.05) is 6.54 Å². The number of carbonyl (C=O) groups is 1. The lowest BCUT2D eigenvalue weighted by Gasteiger charge is -2.22. The Labute approximate surface area is 168 Å². The van der Waals surface area contributed by atoms with E-state index in [1.165, 1.54) is 31.0 Å². The van der Waals surface area contributed by atoms with E-state index in [0.717, 1.165) is 23.4 Å². The van der Waals surface area contributed by atoms with Gasteiger partial charge in [0, 0.05) is 18.7 Å². The zero-order valence-corrected chi connectivity index (χ0v) is 16.2. The van der Waals surface area contributed by atoms with Crippen molar-refractivity contribution in [1.82, 2.24) is 14.5 Å². The van der Waals surface area contributed by atoms with Gasteiger partial charge in [-0.3, -0.25) is 4.79 Å². The molecule has 6 heteroatoms. The number of para-hydroxylation sites is 2. The molecule has 2 aromatic carbocycles. The number of rotatable bonds is 7. The zero-order chi connectivity index (χ0) is 19.7. The highest BCUT2D eigenvalue weighted by atomic mass is 35.5. The van der Waals surface area contributed by atoms with Gasteiger partial charge in [-0.2, -0.15) is 0 Å². The molecular formula is C22H21ClFN3O. The van der Waals surface area contributed by atoms with Crippen LogP contribution in [0.5, 0.6) is 0 Å². The van der Waals surface area contributed by atoms with Gasteiger partial charge in [-0.25, -0.2) is 9.37 Å². The van der Waals surface area contributed by atoms with E-state index in [9.17, 15) is 9.18 Å². The summed E-state index contributed by atoms with van der Waals surface area (Å²) in [5.41, 5.74) is 2.35. The highest BCUT2D eigenvalue weighted by Crippen LogP contribution is 2.32. The Balaban J connectivity index is 1.66. The lowest BCUT2D eigenvalue weighted by Crippen LogP contribution is -2.32. The lowest BCUT2D eigenvalue weighted by atomic mass is 10.2. The number of hydrogen-bond donors (Lipinski definition) is 0. The molecule has 1 aliphatic rings. The Bertz CT molecular complexity index is 1040. The average molecular weight is 398 g/mol. The summed E-state index contributed by atoms with van der Waals surface area (Å²) >= 11 is 5.86. The first-order valence-corrected chi connectivity index (χ1v) is 9.74. The predicted octanol–water partition coefficient (Wildman–Crippen LogP) is 5.07. The molecule has 1 saturated carbocycles. The summed E-state index contributed by atoms with van der Waals surface area (Å²) in [6.07, 6.45) is 4.14. The SMILES string of the molecule is C=CCN(Cc1nc2ccccc2n1CC1CC1)C(=O)c1ccc(F)c(Cl)c1. The molecule has 3 aromatic rings. The van der Waals surface area contributed by atoms with Crippen LogP contribution in [0.1, 0.15) is 29.0 Å². The lowest BCUT2D eigenvalue weighted by molar-refractivity contribution is 0.0757. The number of aromatic nitrogens is 2. The van der Waals surface area contributed by atoms with Crippen LogP contribution in [0.3, 0.4) is 0 Å². The topological polar surface area (TPSA) is 38.1 Å². The molecule has 1 aromatic heterocycles. The Hall–Kier alpha value is -2.66. The monoisotopic (exact) mass is 397 g/mol. The summed E-state index contributed by atoms with van der Waals surface area (Å²) < 4.78 is 15.7. The van der Waals surface area contributed by atoms with Crippen molar-refractivity contribution in [3.63, 3.8) is 0 Å². The van der Waals surface area contributed by atoms with E-state index in [1.807, 2.05) is 18.2 Å². The Morgan fingerprint density at radius 1 is 1.32 bits per heavy atom. The number of benzene rings is 2. The molecule has 0 bridgehead atoms. The minimum Gasteiger partial charge on any atom is -0.327 e. The molecule has 0 aliphatic heterocycles. The fourth-order valence-electron chi connectivity index (χ4n) is 3.37. The molecule has 4 rings (SSSR count). The van der Waals surface area contributed by atoms with Crippen LogP contribution < -0.4 is 0 Å². The molecule has 0 unspecified atom stereocenters. The van der Waals surface area contributed by atoms with Gasteiger partial charge in [0.25, 0.3) is 5.91 Å². The van der Waals surface area contributed by atoms with Gasteiger partial charge in [0.1, 0.15) is 11.6 Å². The number of carbonyl (C=O) groups excluding carboxylic acids is 1. The highest BCUT2D eigenvalue weighted by Gasteiger charge is 2.25. The van der Waals surface area contributed by atoms with E-state index in [2.05, 4.69) is 17.2 Å². The molecule has 1 amide bonds. The number of hydrogen-bond acceptors (Lipinski definition) is 2. The van der Waals surface area contributed by atoms with Crippen LogP contribution >= 0.6 is 11.6 Å². The van der Waals surface area contributed by atoms with Crippen LogP contribution in [0.25, 0.3) is 11.0 Å². The number of fused-ring (bicyclic) bond motifs is 1. The van der Waals surface area contributed by atoms with Crippen molar-refractivity contribution in [3.05, 3.63) is 77.3 Å². The smallest absolute Gasteiger partial charge is 0.254 e. The van der Waals surface area contributed by atoms with Crippen molar-refractivity contribution in [2.24, 2.45) is 5.92 Å². The summed E-state index contributed by atoms with van der Waals surface area (Å²) in [4.78, 5) is 19.4. The van der Waals surface area contributed by atoms with Crippen LogP contribution in [-0.2, 0) is 13.1 Å². The number of halogens is 2. The van der Waals surface area contributed by atoms with Gasteiger partial charge in [0.05, 0.1) is 22.6 Å². The third-order valence-electron chi connectivity index (χ3n) is 5.01. The molecule has 0 saturated heterocycles. The van der Waals surface area contributed by atoms with Crippen molar-refractivity contribution >= 4 is 28.5 Å². The number of amides is 1. The van der Waals surface area contributed by atoms with E-state index < -0.39 is 5.82 Å². The second kappa shape index (κ2) is 7.76. The third-order valence-corrected chi connectivity index (χ3v) is 5.30. The highest BCUT2D eigenvalue weighted by molar-refractivity contribution is 6.31. The van der Waals surface area contributed by atoms with Crippen molar-refractivity contribution < 1.29 is 9.18 Å². The summed E-state index contributed by atoms with van der Waals surface area (Å²) in [5.74, 6) is 0.749. The van der Waals surface area contributed by atoms with E-state index in [1.54, 1.807) is 11.0 Å². The second-order valence-electron chi connectivity index (χ2n) is 7.17. The minimum atomic E-state index is -0.542. The van der Waals surface area contributed by atoms with Gasteiger partial charge < -0.3 is 9.47 Å². The van der Waals surface area contributed by atoms with Gasteiger partial charge >= 0.3 is 0 Å². The summed E-state index contributed by atoms with van der Waals surface area (Å²) in [6.45, 7) is 5.39. The summed E-state index contributed by atoms with van der Waals surface area (Å²) in [6, 6.07) is 12.0. The molecular weight excluding hydrogens is 377 g/mol. The maximum absolute atomic E-state index is 13.5. The average Bonchev–Trinajstić information content (AvgIpc) is 3.45. The molecule has 0 radical (unpaired) electrons. The number of nitrogens with zero attached hydrogens (tertiary/aromatic N) is 3. The van der Waals surface area contributed by atoms with Crippen LogP contribution in [0.2, 0.25) is 5.02 Å². The molecule has 144 valence electrons. The second-order valence-corrected chi connectivity index (χ2v) is 7.58. The van der Waals surface area contributed by atoms with Crippen molar-refractivity contribution in [2.45, 2.75) is 25.9 Å². The maximum Gasteiger partial charge on any atom is 0.254 e. The number of imidazole rings is 1. The van der Waals surface area contributed by atoms with E-state index in [0.29, 0.717) is 24.6 Å². The minimum absolute atomic E-state index is 0.0645.